The van der Waals surface area contributed by atoms with E-state index in [0.29, 0.717) is 5.00 Å². The molecule has 0 bridgehead atoms. The number of thiophene rings is 1. The molecule has 0 spiro atoms. The summed E-state index contributed by atoms with van der Waals surface area (Å²) >= 11 is 1.14. The van der Waals surface area contributed by atoms with Crippen molar-refractivity contribution in [1.29, 1.82) is 0 Å². The summed E-state index contributed by atoms with van der Waals surface area (Å²) in [5, 5.41) is 3.99. The number of carbonyl (C=O) groups excluding carboxylic acids is 1. The normalized spacial score (nSPS) is 15.5. The molecule has 1 fully saturated rings. The molecule has 1 aliphatic rings. The summed E-state index contributed by atoms with van der Waals surface area (Å²) in [5.74, 6) is -0.475. The second kappa shape index (κ2) is 10.8. The monoisotopic (exact) mass is 544 g/mol. The van der Waals surface area contributed by atoms with Crippen molar-refractivity contribution in [3.05, 3.63) is 76.4 Å². The topological polar surface area (TPSA) is 68.6 Å². The van der Waals surface area contributed by atoms with Crippen LogP contribution in [0, 0.1) is 0 Å². The van der Waals surface area contributed by atoms with Crippen molar-refractivity contribution >= 4 is 28.3 Å². The summed E-state index contributed by atoms with van der Waals surface area (Å²) in [5.41, 5.74) is 1.99. The summed E-state index contributed by atoms with van der Waals surface area (Å²) < 4.78 is 53.5. The number of rotatable bonds is 7. The SMILES string of the molecule is COC(=O)c1sc(-n2cnc3ccc(CN4CCNCC4)cc32)cc1OC(C)c1ccccc1C(F)(F)F. The predicted octanol–water partition coefficient (Wildman–Crippen LogP) is 5.44. The summed E-state index contributed by atoms with van der Waals surface area (Å²) in [6.07, 6.45) is -3.83. The van der Waals surface area contributed by atoms with Crippen molar-refractivity contribution in [2.24, 2.45) is 0 Å². The summed E-state index contributed by atoms with van der Waals surface area (Å²) in [7, 11) is 1.25. The first kappa shape index (κ1) is 26.2. The second-order valence-corrected chi connectivity index (χ2v) is 10.1. The van der Waals surface area contributed by atoms with Crippen LogP contribution >= 0.6 is 11.3 Å². The Morgan fingerprint density at radius 2 is 1.92 bits per heavy atom. The molecular formula is C27H27F3N4O3S. The molecule has 1 saturated heterocycles. The van der Waals surface area contributed by atoms with Gasteiger partial charge in [0.1, 0.15) is 23.2 Å². The average Bonchev–Trinajstić information content (AvgIpc) is 3.52. The maximum atomic E-state index is 13.6. The van der Waals surface area contributed by atoms with E-state index < -0.39 is 23.8 Å². The highest BCUT2D eigenvalue weighted by molar-refractivity contribution is 7.16. The second-order valence-electron chi connectivity index (χ2n) is 9.08. The van der Waals surface area contributed by atoms with Crippen LogP contribution in [-0.4, -0.2) is 53.7 Å². The molecule has 0 aliphatic carbocycles. The lowest BCUT2D eigenvalue weighted by Crippen LogP contribution is -2.42. The number of nitrogens with one attached hydrogen (secondary N) is 1. The van der Waals surface area contributed by atoms with Gasteiger partial charge >= 0.3 is 12.1 Å². The summed E-state index contributed by atoms with van der Waals surface area (Å²) in [4.78, 5) is 19.6. The van der Waals surface area contributed by atoms with Crippen LogP contribution in [0.25, 0.3) is 16.0 Å². The van der Waals surface area contributed by atoms with Gasteiger partial charge in [0.2, 0.25) is 0 Å². The van der Waals surface area contributed by atoms with Gasteiger partial charge in [-0.25, -0.2) is 9.78 Å². The van der Waals surface area contributed by atoms with Gasteiger partial charge < -0.3 is 14.8 Å². The Hall–Kier alpha value is -3.41. The van der Waals surface area contributed by atoms with Crippen LogP contribution < -0.4 is 10.1 Å². The number of fused-ring (bicyclic) bond motifs is 1. The molecule has 200 valence electrons. The first-order valence-corrected chi connectivity index (χ1v) is 13.0. The quantitative estimate of drug-likeness (QED) is 0.313. The zero-order valence-electron chi connectivity index (χ0n) is 20.9. The Morgan fingerprint density at radius 3 is 2.66 bits per heavy atom. The molecular weight excluding hydrogens is 517 g/mol. The van der Waals surface area contributed by atoms with Crippen LogP contribution in [0.3, 0.4) is 0 Å². The lowest BCUT2D eigenvalue weighted by atomic mass is 10.0. The van der Waals surface area contributed by atoms with Crippen LogP contribution in [0.1, 0.15) is 39.4 Å². The molecule has 1 atom stereocenters. The molecule has 7 nitrogen and oxygen atoms in total. The van der Waals surface area contributed by atoms with Gasteiger partial charge in [0, 0.05) is 44.4 Å². The van der Waals surface area contributed by atoms with Crippen molar-refractivity contribution in [2.45, 2.75) is 25.7 Å². The van der Waals surface area contributed by atoms with Crippen LogP contribution in [0.15, 0.2) is 54.9 Å². The maximum absolute atomic E-state index is 13.6. The fourth-order valence-electron chi connectivity index (χ4n) is 4.62. The third-order valence-corrected chi connectivity index (χ3v) is 7.62. The van der Waals surface area contributed by atoms with E-state index in [2.05, 4.69) is 27.3 Å². The molecule has 1 N–H and O–H groups in total. The van der Waals surface area contributed by atoms with Crippen LogP contribution in [0.4, 0.5) is 13.2 Å². The first-order valence-electron chi connectivity index (χ1n) is 12.2. The van der Waals surface area contributed by atoms with E-state index in [0.717, 1.165) is 66.7 Å². The lowest BCUT2D eigenvalue weighted by Gasteiger charge is -2.27. The first-order chi connectivity index (χ1) is 18.2. The van der Waals surface area contributed by atoms with E-state index in [4.69, 9.17) is 9.47 Å². The molecule has 0 saturated carbocycles. The Kier molecular flexibility index (Phi) is 7.42. The van der Waals surface area contributed by atoms with E-state index in [1.54, 1.807) is 12.4 Å². The third kappa shape index (κ3) is 5.40. The van der Waals surface area contributed by atoms with Gasteiger partial charge in [-0.05, 0) is 30.7 Å². The molecule has 0 radical (unpaired) electrons. The van der Waals surface area contributed by atoms with Gasteiger partial charge in [-0.15, -0.1) is 11.3 Å². The maximum Gasteiger partial charge on any atom is 0.416 e. The number of ether oxygens (including phenoxy) is 2. The highest BCUT2D eigenvalue weighted by Crippen LogP contribution is 2.39. The van der Waals surface area contributed by atoms with Crippen LogP contribution in [-0.2, 0) is 17.5 Å². The van der Waals surface area contributed by atoms with Gasteiger partial charge in [0.05, 0.1) is 23.7 Å². The molecule has 2 aromatic heterocycles. The highest BCUT2D eigenvalue weighted by Gasteiger charge is 2.35. The zero-order valence-corrected chi connectivity index (χ0v) is 21.7. The molecule has 11 heteroatoms. The number of esters is 1. The van der Waals surface area contributed by atoms with Gasteiger partial charge in [0.25, 0.3) is 0 Å². The number of alkyl halides is 3. The van der Waals surface area contributed by atoms with Crippen molar-refractivity contribution < 1.29 is 27.4 Å². The van der Waals surface area contributed by atoms with Crippen molar-refractivity contribution in [3.8, 4) is 10.8 Å². The predicted molar refractivity (Wildman–Crippen MR) is 139 cm³/mol. The molecule has 2 aromatic carbocycles. The largest absolute Gasteiger partial charge is 0.484 e. The minimum atomic E-state index is -4.53. The Labute approximate surface area is 221 Å². The number of hydrogen-bond acceptors (Lipinski definition) is 7. The highest BCUT2D eigenvalue weighted by atomic mass is 32.1. The standard InChI is InChI=1S/C27H27F3N4O3S/c1-17(19-5-3-4-6-20(19)27(28,29)30)37-23-14-24(38-25(23)26(35)36-2)34-16-32-21-8-7-18(13-22(21)34)15-33-11-9-31-10-12-33/h3-8,13-14,16-17,31H,9-12,15H2,1-2H3. The Balaban J connectivity index is 1.48. The minimum absolute atomic E-state index is 0.0193. The zero-order chi connectivity index (χ0) is 26.9. The van der Waals surface area contributed by atoms with E-state index in [1.807, 2.05) is 10.6 Å². The number of nitrogens with zero attached hydrogens (tertiary/aromatic N) is 3. The average molecular weight is 545 g/mol. The summed E-state index contributed by atoms with van der Waals surface area (Å²) in [6.45, 7) is 6.20. The minimum Gasteiger partial charge on any atom is -0.484 e. The van der Waals surface area contributed by atoms with Crippen LogP contribution in [0.2, 0.25) is 0 Å². The molecule has 1 aliphatic heterocycles. The molecule has 3 heterocycles. The molecule has 4 aromatic rings. The number of halogens is 3. The number of methoxy groups -OCH3 is 1. The van der Waals surface area contributed by atoms with Crippen molar-refractivity contribution in [2.75, 3.05) is 33.3 Å². The molecule has 38 heavy (non-hydrogen) atoms. The van der Waals surface area contributed by atoms with Crippen molar-refractivity contribution in [1.82, 2.24) is 19.8 Å². The van der Waals surface area contributed by atoms with Crippen LogP contribution in [0.5, 0.6) is 5.75 Å². The fraction of sp³-hybridized carbons (Fsp3) is 0.333. The van der Waals surface area contributed by atoms with E-state index in [9.17, 15) is 18.0 Å². The van der Waals surface area contributed by atoms with E-state index >= 15 is 0 Å². The number of hydrogen-bond donors (Lipinski definition) is 1. The summed E-state index contributed by atoms with van der Waals surface area (Å²) in [6, 6.07) is 13.0. The Bertz CT molecular complexity index is 1440. The smallest absolute Gasteiger partial charge is 0.416 e. The number of imidazole rings is 1. The van der Waals surface area contributed by atoms with E-state index in [1.165, 1.54) is 32.2 Å². The fourth-order valence-corrected chi connectivity index (χ4v) is 5.61. The Morgan fingerprint density at radius 1 is 1.16 bits per heavy atom. The van der Waals surface area contributed by atoms with Crippen molar-refractivity contribution in [3.63, 3.8) is 0 Å². The number of carbonyl (C=O) groups is 1. The molecule has 1 unspecified atom stereocenters. The number of benzene rings is 2. The molecule has 5 rings (SSSR count). The van der Waals surface area contributed by atoms with E-state index in [-0.39, 0.29) is 16.2 Å². The van der Waals surface area contributed by atoms with Gasteiger partial charge in [-0.3, -0.25) is 9.47 Å². The number of aromatic nitrogens is 2. The molecule has 0 amide bonds. The third-order valence-electron chi connectivity index (χ3n) is 6.53. The number of piperazine rings is 1. The van der Waals surface area contributed by atoms with Gasteiger partial charge in [-0.2, -0.15) is 13.2 Å². The van der Waals surface area contributed by atoms with Gasteiger partial charge in [0.15, 0.2) is 4.88 Å². The van der Waals surface area contributed by atoms with Gasteiger partial charge in [-0.1, -0.05) is 24.3 Å². The lowest BCUT2D eigenvalue weighted by molar-refractivity contribution is -0.139.